The summed E-state index contributed by atoms with van der Waals surface area (Å²) in [6, 6.07) is 5.40. The molecule has 0 bridgehead atoms. The summed E-state index contributed by atoms with van der Waals surface area (Å²) in [5.41, 5.74) is 0.427. The molecule has 3 nitrogen and oxygen atoms in total. The van der Waals surface area contributed by atoms with E-state index in [0.717, 1.165) is 42.5 Å². The molecule has 0 spiro atoms. The lowest BCUT2D eigenvalue weighted by Crippen LogP contribution is -2.47. The molecule has 1 aromatic carbocycles. The minimum absolute atomic E-state index is 0.0742. The van der Waals surface area contributed by atoms with Gasteiger partial charge in [0.1, 0.15) is 0 Å². The second-order valence-electron chi connectivity index (χ2n) is 4.99. The van der Waals surface area contributed by atoms with Crippen molar-refractivity contribution in [2.24, 2.45) is 5.41 Å². The molecule has 1 unspecified atom stereocenters. The molecule has 1 aliphatic rings. The van der Waals surface area contributed by atoms with E-state index in [1.165, 1.54) is 0 Å². The molecule has 2 N–H and O–H groups in total. The monoisotopic (exact) mass is 344 g/mol. The molecular formula is C14H18BrClN2O. The first kappa shape index (κ1) is 14.8. The fraction of sp³-hybridized carbons (Fsp3) is 0.500. The quantitative estimate of drug-likeness (QED) is 0.874. The highest BCUT2D eigenvalue weighted by Crippen LogP contribution is 2.33. The number of benzene rings is 1. The molecule has 1 saturated heterocycles. The number of nitrogens with one attached hydrogen (secondary N) is 2. The Hall–Kier alpha value is -0.580. The first-order chi connectivity index (χ1) is 9.07. The molecule has 1 aliphatic heterocycles. The molecule has 0 aliphatic carbocycles. The van der Waals surface area contributed by atoms with Crippen molar-refractivity contribution in [3.63, 3.8) is 0 Å². The van der Waals surface area contributed by atoms with Gasteiger partial charge in [0.15, 0.2) is 0 Å². The number of anilines is 1. The zero-order chi connectivity index (χ0) is 13.9. The van der Waals surface area contributed by atoms with Crippen molar-refractivity contribution >= 4 is 39.1 Å². The average molecular weight is 346 g/mol. The summed E-state index contributed by atoms with van der Waals surface area (Å²) in [6.07, 6.45) is 2.81. The highest BCUT2D eigenvalue weighted by atomic mass is 79.9. The van der Waals surface area contributed by atoms with Crippen LogP contribution >= 0.6 is 27.5 Å². The van der Waals surface area contributed by atoms with Gasteiger partial charge in [0.05, 0.1) is 11.1 Å². The molecule has 19 heavy (non-hydrogen) atoms. The normalized spacial score (nSPS) is 23.1. The summed E-state index contributed by atoms with van der Waals surface area (Å²) < 4.78 is 0.847. The van der Waals surface area contributed by atoms with Crippen LogP contribution in [0.5, 0.6) is 0 Å². The molecule has 1 amide bonds. The predicted octanol–water partition coefficient (Wildman–Crippen LogP) is 3.82. The van der Waals surface area contributed by atoms with Crippen LogP contribution in [0.2, 0.25) is 5.02 Å². The smallest absolute Gasteiger partial charge is 0.231 e. The van der Waals surface area contributed by atoms with Gasteiger partial charge in [-0.3, -0.25) is 4.79 Å². The Kier molecular flexibility index (Phi) is 4.87. The molecule has 5 heteroatoms. The summed E-state index contributed by atoms with van der Waals surface area (Å²) in [4.78, 5) is 12.6. The van der Waals surface area contributed by atoms with Gasteiger partial charge in [-0.25, -0.2) is 0 Å². The molecule has 1 atom stereocenters. The minimum atomic E-state index is -0.306. The van der Waals surface area contributed by atoms with E-state index < -0.39 is 0 Å². The second kappa shape index (κ2) is 6.25. The number of hydrogen-bond acceptors (Lipinski definition) is 2. The van der Waals surface area contributed by atoms with Gasteiger partial charge >= 0.3 is 0 Å². The Labute approximate surface area is 127 Å². The Bertz CT molecular complexity index is 473. The fourth-order valence-electron chi connectivity index (χ4n) is 2.47. The summed E-state index contributed by atoms with van der Waals surface area (Å²) in [7, 11) is 0. The van der Waals surface area contributed by atoms with Crippen LogP contribution in [0.1, 0.15) is 26.2 Å². The van der Waals surface area contributed by atoms with Crippen LogP contribution in [0.25, 0.3) is 0 Å². The standard InChI is InChI=1S/C14H18BrClN2O/c1-2-14(6-3-7-17-9-14)13(19)18-12-8-10(16)4-5-11(12)15/h4-5,8,17H,2-3,6-7,9H2,1H3,(H,18,19). The molecule has 104 valence electrons. The number of carbonyl (C=O) groups is 1. The highest BCUT2D eigenvalue weighted by molar-refractivity contribution is 9.10. The van der Waals surface area contributed by atoms with E-state index >= 15 is 0 Å². The summed E-state index contributed by atoms with van der Waals surface area (Å²) >= 11 is 9.40. The topological polar surface area (TPSA) is 41.1 Å². The molecule has 0 aromatic heterocycles. The maximum absolute atomic E-state index is 12.6. The van der Waals surface area contributed by atoms with Crippen LogP contribution in [-0.2, 0) is 4.79 Å². The number of carbonyl (C=O) groups excluding carboxylic acids is 1. The van der Waals surface area contributed by atoms with Crippen molar-refractivity contribution < 1.29 is 4.79 Å². The number of halogens is 2. The van der Waals surface area contributed by atoms with Crippen molar-refractivity contribution in [1.29, 1.82) is 0 Å². The van der Waals surface area contributed by atoms with Gasteiger partial charge in [0.2, 0.25) is 5.91 Å². The van der Waals surface area contributed by atoms with Crippen molar-refractivity contribution in [2.45, 2.75) is 26.2 Å². The summed E-state index contributed by atoms with van der Waals surface area (Å²) in [6.45, 7) is 3.81. The maximum Gasteiger partial charge on any atom is 0.231 e. The molecule has 0 saturated carbocycles. The Morgan fingerprint density at radius 2 is 2.37 bits per heavy atom. The van der Waals surface area contributed by atoms with E-state index in [0.29, 0.717) is 5.02 Å². The minimum Gasteiger partial charge on any atom is -0.324 e. The third-order valence-electron chi connectivity index (χ3n) is 3.81. The Morgan fingerprint density at radius 3 is 3.00 bits per heavy atom. The van der Waals surface area contributed by atoms with Gasteiger partial charge in [0.25, 0.3) is 0 Å². The number of rotatable bonds is 3. The molecule has 1 fully saturated rings. The van der Waals surface area contributed by atoms with Gasteiger partial charge in [-0.2, -0.15) is 0 Å². The van der Waals surface area contributed by atoms with Crippen LogP contribution < -0.4 is 10.6 Å². The van der Waals surface area contributed by atoms with Crippen LogP contribution in [0.4, 0.5) is 5.69 Å². The van der Waals surface area contributed by atoms with E-state index in [1.54, 1.807) is 12.1 Å². The molecule has 1 aromatic rings. The van der Waals surface area contributed by atoms with E-state index in [2.05, 4.69) is 33.5 Å². The fourth-order valence-corrected chi connectivity index (χ4v) is 2.99. The molecular weight excluding hydrogens is 328 g/mol. The molecule has 2 rings (SSSR count). The van der Waals surface area contributed by atoms with Crippen molar-refractivity contribution in [3.8, 4) is 0 Å². The molecule has 0 radical (unpaired) electrons. The largest absolute Gasteiger partial charge is 0.324 e. The van der Waals surface area contributed by atoms with E-state index in [4.69, 9.17) is 11.6 Å². The number of amides is 1. The average Bonchev–Trinajstić information content (AvgIpc) is 2.43. The van der Waals surface area contributed by atoms with Crippen molar-refractivity contribution in [1.82, 2.24) is 5.32 Å². The second-order valence-corrected chi connectivity index (χ2v) is 6.28. The van der Waals surface area contributed by atoms with Crippen LogP contribution in [-0.4, -0.2) is 19.0 Å². The van der Waals surface area contributed by atoms with E-state index in [1.807, 2.05) is 6.07 Å². The number of hydrogen-bond donors (Lipinski definition) is 2. The zero-order valence-corrected chi connectivity index (χ0v) is 13.3. The van der Waals surface area contributed by atoms with Crippen molar-refractivity contribution in [3.05, 3.63) is 27.7 Å². The van der Waals surface area contributed by atoms with Crippen molar-refractivity contribution in [2.75, 3.05) is 18.4 Å². The van der Waals surface area contributed by atoms with Gasteiger partial charge in [0, 0.05) is 16.0 Å². The summed E-state index contributed by atoms with van der Waals surface area (Å²) in [5, 5.41) is 6.94. The summed E-state index contributed by atoms with van der Waals surface area (Å²) in [5.74, 6) is 0.0742. The van der Waals surface area contributed by atoms with Gasteiger partial charge in [-0.15, -0.1) is 0 Å². The van der Waals surface area contributed by atoms with Gasteiger partial charge in [-0.1, -0.05) is 18.5 Å². The third-order valence-corrected chi connectivity index (χ3v) is 4.73. The maximum atomic E-state index is 12.6. The lowest BCUT2D eigenvalue weighted by atomic mass is 9.77. The van der Waals surface area contributed by atoms with E-state index in [9.17, 15) is 4.79 Å². The molecule has 1 heterocycles. The highest BCUT2D eigenvalue weighted by Gasteiger charge is 2.37. The first-order valence-corrected chi connectivity index (χ1v) is 7.72. The van der Waals surface area contributed by atoms with Crippen LogP contribution in [0, 0.1) is 5.41 Å². The lowest BCUT2D eigenvalue weighted by Gasteiger charge is -2.35. The van der Waals surface area contributed by atoms with Gasteiger partial charge in [-0.05, 0) is 59.9 Å². The Morgan fingerprint density at radius 1 is 1.58 bits per heavy atom. The lowest BCUT2D eigenvalue weighted by molar-refractivity contribution is -0.126. The Balaban J connectivity index is 2.17. The SMILES string of the molecule is CCC1(C(=O)Nc2cc(Cl)ccc2Br)CCCNC1. The third kappa shape index (κ3) is 3.30. The number of piperidine rings is 1. The first-order valence-electron chi connectivity index (χ1n) is 6.54. The predicted molar refractivity (Wildman–Crippen MR) is 82.6 cm³/mol. The zero-order valence-electron chi connectivity index (χ0n) is 10.9. The van der Waals surface area contributed by atoms with Crippen LogP contribution in [0.3, 0.4) is 0 Å². The van der Waals surface area contributed by atoms with Gasteiger partial charge < -0.3 is 10.6 Å². The van der Waals surface area contributed by atoms with Crippen LogP contribution in [0.15, 0.2) is 22.7 Å². The van der Waals surface area contributed by atoms with E-state index in [-0.39, 0.29) is 11.3 Å².